The van der Waals surface area contributed by atoms with Crippen LogP contribution < -0.4 is 0 Å². The van der Waals surface area contributed by atoms with Crippen LogP contribution in [0, 0.1) is 5.92 Å². The highest BCUT2D eigenvalue weighted by Crippen LogP contribution is 2.32. The van der Waals surface area contributed by atoms with Crippen molar-refractivity contribution in [3.8, 4) is 0 Å². The van der Waals surface area contributed by atoms with Crippen LogP contribution in [-0.2, 0) is 9.59 Å². The fourth-order valence-electron chi connectivity index (χ4n) is 3.22. The zero-order valence-electron chi connectivity index (χ0n) is 16.2. The molecule has 0 heterocycles. The van der Waals surface area contributed by atoms with E-state index in [2.05, 4.69) is 13.0 Å². The molecule has 0 aromatic heterocycles. The van der Waals surface area contributed by atoms with Crippen LogP contribution in [0.3, 0.4) is 0 Å². The predicted octanol–water partition coefficient (Wildman–Crippen LogP) is 4.98. The number of aliphatic hydroxyl groups is 1. The number of hydrogen-bond donors (Lipinski definition) is 2. The maximum absolute atomic E-state index is 12.5. The molecule has 146 valence electrons. The van der Waals surface area contributed by atoms with Crippen molar-refractivity contribution in [3.63, 3.8) is 0 Å². The van der Waals surface area contributed by atoms with Gasteiger partial charge < -0.3 is 10.2 Å². The van der Waals surface area contributed by atoms with E-state index in [4.69, 9.17) is 5.11 Å². The zero-order chi connectivity index (χ0) is 19.4. The average Bonchev–Trinajstić information content (AvgIpc) is 2.91. The van der Waals surface area contributed by atoms with E-state index in [1.165, 1.54) is 0 Å². The smallest absolute Gasteiger partial charge is 0.303 e. The lowest BCUT2D eigenvalue weighted by Crippen LogP contribution is -2.09. The van der Waals surface area contributed by atoms with Gasteiger partial charge in [0.15, 0.2) is 5.78 Å². The number of ketones is 1. The van der Waals surface area contributed by atoms with Crippen molar-refractivity contribution in [2.24, 2.45) is 5.92 Å². The number of carboxylic acids is 1. The Balaban J connectivity index is 2.57. The Kier molecular flexibility index (Phi) is 10.9. The topological polar surface area (TPSA) is 74.6 Å². The SMILES string of the molecule is CCCCC[C@H](O)C/C=C1/C(=O)C(CC)=C[C@@H]1C/C=C\CCCC(=O)O. The van der Waals surface area contributed by atoms with E-state index in [0.717, 1.165) is 56.1 Å². The second-order valence-electron chi connectivity index (χ2n) is 7.02. The van der Waals surface area contributed by atoms with Crippen LogP contribution in [0.2, 0.25) is 0 Å². The fraction of sp³-hybridized carbons (Fsp3) is 0.636. The van der Waals surface area contributed by atoms with Crippen LogP contribution in [0.15, 0.2) is 35.5 Å². The molecular weight excluding hydrogens is 328 g/mol. The molecular formula is C22H34O4. The maximum atomic E-state index is 12.5. The Labute approximate surface area is 157 Å². The molecule has 0 unspecified atom stereocenters. The molecule has 4 nitrogen and oxygen atoms in total. The van der Waals surface area contributed by atoms with Gasteiger partial charge in [-0.1, -0.05) is 57.4 Å². The molecule has 26 heavy (non-hydrogen) atoms. The standard InChI is InChI=1S/C22H34O4/c1-3-5-8-12-19(23)14-15-20-18(16-17(4-2)22(20)26)11-9-6-7-10-13-21(24)25/h6,9,15-16,18-19,23H,3-5,7-8,10-14H2,1-2H3,(H,24,25)/b9-6-,20-15+/t18-,19-/m0/s1. The van der Waals surface area contributed by atoms with Gasteiger partial charge in [0.1, 0.15) is 0 Å². The number of Topliss-reactive ketones (excluding diaryl/α,β-unsaturated/α-hetero) is 1. The number of unbranched alkanes of at least 4 members (excludes halogenated alkanes) is 3. The summed E-state index contributed by atoms with van der Waals surface area (Å²) in [4.78, 5) is 23.0. The molecule has 0 bridgehead atoms. The number of rotatable bonds is 13. The van der Waals surface area contributed by atoms with Crippen LogP contribution in [0.1, 0.15) is 78.1 Å². The minimum atomic E-state index is -0.766. The van der Waals surface area contributed by atoms with E-state index >= 15 is 0 Å². The third-order valence-corrected chi connectivity index (χ3v) is 4.81. The van der Waals surface area contributed by atoms with Crippen molar-refractivity contribution in [1.82, 2.24) is 0 Å². The monoisotopic (exact) mass is 362 g/mol. The van der Waals surface area contributed by atoms with Gasteiger partial charge in [0.25, 0.3) is 0 Å². The van der Waals surface area contributed by atoms with Crippen LogP contribution >= 0.6 is 0 Å². The molecule has 0 fully saturated rings. The van der Waals surface area contributed by atoms with E-state index in [9.17, 15) is 14.7 Å². The Hall–Kier alpha value is -1.68. The van der Waals surface area contributed by atoms with Crippen molar-refractivity contribution in [3.05, 3.63) is 35.5 Å². The molecule has 1 rings (SSSR count). The second kappa shape index (κ2) is 12.6. The first-order chi connectivity index (χ1) is 12.5. The summed E-state index contributed by atoms with van der Waals surface area (Å²) in [6.45, 7) is 4.13. The first kappa shape index (κ1) is 22.4. The number of hydrogen-bond acceptors (Lipinski definition) is 3. The lowest BCUT2D eigenvalue weighted by atomic mass is 9.95. The minimum absolute atomic E-state index is 0.0796. The summed E-state index contributed by atoms with van der Waals surface area (Å²) in [6.07, 6.45) is 15.3. The third kappa shape index (κ3) is 8.13. The summed E-state index contributed by atoms with van der Waals surface area (Å²) in [5.41, 5.74) is 1.67. The third-order valence-electron chi connectivity index (χ3n) is 4.81. The average molecular weight is 363 g/mol. The Morgan fingerprint density at radius 2 is 2.00 bits per heavy atom. The minimum Gasteiger partial charge on any atom is -0.481 e. The molecule has 0 amide bonds. The van der Waals surface area contributed by atoms with Gasteiger partial charge in [0, 0.05) is 17.9 Å². The van der Waals surface area contributed by atoms with Crippen molar-refractivity contribution < 1.29 is 19.8 Å². The van der Waals surface area contributed by atoms with E-state index in [-0.39, 0.29) is 24.2 Å². The van der Waals surface area contributed by atoms with Gasteiger partial charge in [-0.25, -0.2) is 0 Å². The number of aliphatic carboxylic acids is 1. The molecule has 1 aliphatic carbocycles. The fourth-order valence-corrected chi connectivity index (χ4v) is 3.22. The van der Waals surface area contributed by atoms with Crippen LogP contribution in [0.5, 0.6) is 0 Å². The number of carbonyl (C=O) groups is 2. The van der Waals surface area contributed by atoms with Gasteiger partial charge in [-0.3, -0.25) is 9.59 Å². The summed E-state index contributed by atoms with van der Waals surface area (Å²) in [7, 11) is 0. The van der Waals surface area contributed by atoms with Crippen LogP contribution in [-0.4, -0.2) is 28.1 Å². The van der Waals surface area contributed by atoms with Gasteiger partial charge in [0.2, 0.25) is 0 Å². The predicted molar refractivity (Wildman–Crippen MR) is 105 cm³/mol. The van der Waals surface area contributed by atoms with Gasteiger partial charge in [-0.2, -0.15) is 0 Å². The number of carboxylic acid groups (broad SMARTS) is 1. The largest absolute Gasteiger partial charge is 0.481 e. The molecule has 0 aromatic rings. The van der Waals surface area contributed by atoms with Gasteiger partial charge in [-0.15, -0.1) is 0 Å². The van der Waals surface area contributed by atoms with E-state index < -0.39 is 5.97 Å². The first-order valence-corrected chi connectivity index (χ1v) is 9.99. The molecule has 2 N–H and O–H groups in total. The lowest BCUT2D eigenvalue weighted by molar-refractivity contribution is -0.137. The molecule has 0 saturated carbocycles. The number of carbonyl (C=O) groups excluding carboxylic acids is 1. The molecule has 0 radical (unpaired) electrons. The van der Waals surface area contributed by atoms with E-state index in [0.29, 0.717) is 12.8 Å². The summed E-state index contributed by atoms with van der Waals surface area (Å²) in [5.74, 6) is -0.563. The molecule has 0 saturated heterocycles. The Bertz CT molecular complexity index is 542. The molecule has 4 heteroatoms. The van der Waals surface area contributed by atoms with Gasteiger partial charge in [-0.05, 0) is 44.1 Å². The van der Waals surface area contributed by atoms with Gasteiger partial charge >= 0.3 is 5.97 Å². The quantitative estimate of drug-likeness (QED) is 0.275. The highest BCUT2D eigenvalue weighted by molar-refractivity contribution is 6.11. The van der Waals surface area contributed by atoms with Crippen LogP contribution in [0.25, 0.3) is 0 Å². The molecule has 1 aliphatic rings. The normalized spacial score (nSPS) is 20.1. The molecule has 0 aromatic carbocycles. The van der Waals surface area contributed by atoms with Crippen molar-refractivity contribution in [2.75, 3.05) is 0 Å². The number of aliphatic hydroxyl groups excluding tert-OH is 1. The second-order valence-corrected chi connectivity index (χ2v) is 7.02. The van der Waals surface area contributed by atoms with Crippen molar-refractivity contribution in [2.45, 2.75) is 84.2 Å². The van der Waals surface area contributed by atoms with Crippen LogP contribution in [0.4, 0.5) is 0 Å². The van der Waals surface area contributed by atoms with E-state index in [1.807, 2.05) is 25.2 Å². The Morgan fingerprint density at radius 3 is 2.65 bits per heavy atom. The first-order valence-electron chi connectivity index (χ1n) is 9.99. The molecule has 2 atom stereocenters. The van der Waals surface area contributed by atoms with Gasteiger partial charge in [0.05, 0.1) is 6.10 Å². The molecule has 0 spiro atoms. The maximum Gasteiger partial charge on any atom is 0.303 e. The summed E-state index contributed by atoms with van der Waals surface area (Å²) in [5, 5.41) is 18.8. The zero-order valence-corrected chi connectivity index (χ0v) is 16.2. The highest BCUT2D eigenvalue weighted by atomic mass is 16.4. The van der Waals surface area contributed by atoms with Crippen molar-refractivity contribution in [1.29, 1.82) is 0 Å². The Morgan fingerprint density at radius 1 is 1.23 bits per heavy atom. The summed E-state index contributed by atoms with van der Waals surface area (Å²) >= 11 is 0. The highest BCUT2D eigenvalue weighted by Gasteiger charge is 2.27. The van der Waals surface area contributed by atoms with Crippen molar-refractivity contribution >= 4 is 11.8 Å². The number of allylic oxidation sites excluding steroid dienone is 5. The molecule has 0 aliphatic heterocycles. The lowest BCUT2D eigenvalue weighted by Gasteiger charge is -2.11. The van der Waals surface area contributed by atoms with E-state index in [1.54, 1.807) is 0 Å². The summed E-state index contributed by atoms with van der Waals surface area (Å²) < 4.78 is 0. The summed E-state index contributed by atoms with van der Waals surface area (Å²) in [6, 6.07) is 0.